The first-order chi connectivity index (χ1) is 10.1. The van der Waals surface area contributed by atoms with Crippen molar-refractivity contribution in [2.75, 3.05) is 4.72 Å². The van der Waals surface area contributed by atoms with Crippen molar-refractivity contribution in [1.82, 2.24) is 9.78 Å². The lowest BCUT2D eigenvalue weighted by atomic mass is 10.1. The van der Waals surface area contributed by atoms with Gasteiger partial charge in [-0.1, -0.05) is 12.1 Å². The molecule has 2 aliphatic rings. The Labute approximate surface area is 124 Å². The normalized spacial score (nSPS) is 18.7. The molecule has 0 saturated heterocycles. The molecule has 0 unspecified atom stereocenters. The summed E-state index contributed by atoms with van der Waals surface area (Å²) < 4.78 is 29.3. The number of hydrogen-bond donors (Lipinski definition) is 1. The summed E-state index contributed by atoms with van der Waals surface area (Å²) in [6.45, 7) is 0. The maximum absolute atomic E-state index is 12.4. The van der Waals surface area contributed by atoms with Gasteiger partial charge in [-0.05, 0) is 49.3 Å². The van der Waals surface area contributed by atoms with Crippen LogP contribution in [-0.2, 0) is 10.0 Å². The highest BCUT2D eigenvalue weighted by Gasteiger charge is 2.28. The van der Waals surface area contributed by atoms with E-state index in [4.69, 9.17) is 0 Å². The number of hydrogen-bond acceptors (Lipinski definition) is 3. The fourth-order valence-electron chi connectivity index (χ4n) is 2.54. The second-order valence-electron chi connectivity index (χ2n) is 5.84. The first kappa shape index (κ1) is 12.9. The Kier molecular flexibility index (Phi) is 2.82. The van der Waals surface area contributed by atoms with Crippen molar-refractivity contribution in [2.45, 2.75) is 42.5 Å². The van der Waals surface area contributed by atoms with Crippen molar-refractivity contribution in [2.24, 2.45) is 0 Å². The van der Waals surface area contributed by atoms with E-state index in [1.54, 1.807) is 29.1 Å². The fourth-order valence-corrected chi connectivity index (χ4v) is 3.59. The molecule has 0 spiro atoms. The van der Waals surface area contributed by atoms with Crippen molar-refractivity contribution >= 4 is 15.8 Å². The third kappa shape index (κ3) is 2.55. The summed E-state index contributed by atoms with van der Waals surface area (Å²) in [5.41, 5.74) is 1.23. The van der Waals surface area contributed by atoms with Crippen LogP contribution in [0.25, 0.3) is 0 Å². The molecule has 6 heteroatoms. The van der Waals surface area contributed by atoms with Gasteiger partial charge in [-0.3, -0.25) is 4.72 Å². The Morgan fingerprint density at radius 3 is 2.38 bits per heavy atom. The van der Waals surface area contributed by atoms with Gasteiger partial charge in [-0.2, -0.15) is 5.10 Å². The summed E-state index contributed by atoms with van der Waals surface area (Å²) in [4.78, 5) is 0.301. The Morgan fingerprint density at radius 2 is 1.76 bits per heavy atom. The van der Waals surface area contributed by atoms with Crippen LogP contribution < -0.4 is 4.72 Å². The van der Waals surface area contributed by atoms with Gasteiger partial charge in [0.2, 0.25) is 0 Å². The lowest BCUT2D eigenvalue weighted by molar-refractivity contribution is 0.598. The van der Waals surface area contributed by atoms with Crippen LogP contribution in [0.3, 0.4) is 0 Å². The second kappa shape index (κ2) is 4.59. The minimum atomic E-state index is -3.54. The highest BCUT2D eigenvalue weighted by Crippen LogP contribution is 2.40. The van der Waals surface area contributed by atoms with Crippen LogP contribution in [0.5, 0.6) is 0 Å². The number of rotatable bonds is 5. The molecule has 21 heavy (non-hydrogen) atoms. The molecule has 2 fully saturated rings. The van der Waals surface area contributed by atoms with E-state index in [0.717, 1.165) is 12.8 Å². The lowest BCUT2D eigenvalue weighted by Gasteiger charge is -2.10. The standard InChI is InChI=1S/C15H17N3O2S/c19-21(20,14-7-3-12(4-8-14)11-1-2-11)17-15-9-10-16-18(15)13-5-6-13/h3-4,7-11,13,17H,1-2,5-6H2. The van der Waals surface area contributed by atoms with Crippen LogP contribution in [0.15, 0.2) is 41.4 Å². The van der Waals surface area contributed by atoms with Crippen LogP contribution in [0, 0.1) is 0 Å². The van der Waals surface area contributed by atoms with Crippen molar-refractivity contribution in [3.8, 4) is 0 Å². The highest BCUT2D eigenvalue weighted by molar-refractivity contribution is 7.92. The van der Waals surface area contributed by atoms with Gasteiger partial charge in [0.25, 0.3) is 10.0 Å². The number of nitrogens with zero attached hydrogens (tertiary/aromatic N) is 2. The van der Waals surface area contributed by atoms with Gasteiger partial charge in [0.1, 0.15) is 5.82 Å². The zero-order valence-electron chi connectivity index (χ0n) is 11.6. The molecule has 1 aromatic heterocycles. The smallest absolute Gasteiger partial charge is 0.263 e. The quantitative estimate of drug-likeness (QED) is 0.923. The van der Waals surface area contributed by atoms with Crippen molar-refractivity contribution in [3.63, 3.8) is 0 Å². The molecule has 0 bridgehead atoms. The molecule has 0 aliphatic heterocycles. The first-order valence-corrected chi connectivity index (χ1v) is 8.78. The summed E-state index contributed by atoms with van der Waals surface area (Å²) in [6, 6.07) is 9.26. The molecule has 2 aromatic rings. The van der Waals surface area contributed by atoms with Crippen molar-refractivity contribution < 1.29 is 8.42 Å². The maximum Gasteiger partial charge on any atom is 0.263 e. The van der Waals surface area contributed by atoms with Gasteiger partial charge in [-0.15, -0.1) is 0 Å². The molecule has 2 aliphatic carbocycles. The number of anilines is 1. The van der Waals surface area contributed by atoms with Crippen molar-refractivity contribution in [3.05, 3.63) is 42.1 Å². The molecule has 1 heterocycles. The minimum Gasteiger partial charge on any atom is -0.264 e. The molecule has 0 radical (unpaired) electrons. The number of benzene rings is 1. The molecule has 1 N–H and O–H groups in total. The Morgan fingerprint density at radius 1 is 1.05 bits per heavy atom. The topological polar surface area (TPSA) is 64.0 Å². The molecular formula is C15H17N3O2S. The lowest BCUT2D eigenvalue weighted by Crippen LogP contribution is -2.16. The summed E-state index contributed by atoms with van der Waals surface area (Å²) in [5, 5.41) is 4.19. The molecule has 5 nitrogen and oxygen atoms in total. The second-order valence-corrected chi connectivity index (χ2v) is 7.52. The average Bonchev–Trinajstić information content (AvgIpc) is 3.38. The van der Waals surface area contributed by atoms with Crippen LogP contribution in [0.4, 0.5) is 5.82 Å². The third-order valence-electron chi connectivity index (χ3n) is 4.04. The van der Waals surface area contributed by atoms with Crippen LogP contribution in [0.2, 0.25) is 0 Å². The van der Waals surface area contributed by atoms with Gasteiger partial charge in [-0.25, -0.2) is 13.1 Å². The summed E-state index contributed by atoms with van der Waals surface area (Å²) >= 11 is 0. The van der Waals surface area contributed by atoms with E-state index in [-0.39, 0.29) is 0 Å². The molecule has 0 atom stereocenters. The SMILES string of the molecule is O=S(=O)(Nc1ccnn1C1CC1)c1ccc(C2CC2)cc1. The van der Waals surface area contributed by atoms with Crippen molar-refractivity contribution in [1.29, 1.82) is 0 Å². The first-order valence-electron chi connectivity index (χ1n) is 7.30. The molecule has 110 valence electrons. The van der Waals surface area contributed by atoms with E-state index in [1.165, 1.54) is 18.4 Å². The summed E-state index contributed by atoms with van der Waals surface area (Å²) in [7, 11) is -3.54. The van der Waals surface area contributed by atoms with E-state index in [1.807, 2.05) is 12.1 Å². The number of nitrogens with one attached hydrogen (secondary N) is 1. The van der Waals surface area contributed by atoms with E-state index >= 15 is 0 Å². The predicted octanol–water partition coefficient (Wildman–Crippen LogP) is 2.90. The monoisotopic (exact) mass is 303 g/mol. The molecule has 1 aromatic carbocycles. The minimum absolute atomic E-state index is 0.301. The molecule has 0 amide bonds. The average molecular weight is 303 g/mol. The van der Waals surface area contributed by atoms with E-state index in [9.17, 15) is 8.42 Å². The van der Waals surface area contributed by atoms with E-state index < -0.39 is 10.0 Å². The molecular weight excluding hydrogens is 286 g/mol. The van der Waals surface area contributed by atoms with Crippen LogP contribution in [0.1, 0.15) is 43.2 Å². The Bertz CT molecular complexity index is 756. The maximum atomic E-state index is 12.4. The van der Waals surface area contributed by atoms with Gasteiger partial charge < -0.3 is 0 Å². The number of sulfonamides is 1. The predicted molar refractivity (Wildman–Crippen MR) is 79.7 cm³/mol. The summed E-state index contributed by atoms with van der Waals surface area (Å²) in [6.07, 6.45) is 6.18. The van der Waals surface area contributed by atoms with E-state index in [2.05, 4.69) is 9.82 Å². The largest absolute Gasteiger partial charge is 0.264 e. The Balaban J connectivity index is 1.58. The van der Waals surface area contributed by atoms with Gasteiger partial charge >= 0.3 is 0 Å². The molecule has 4 rings (SSSR count). The van der Waals surface area contributed by atoms with Crippen LogP contribution in [-0.4, -0.2) is 18.2 Å². The number of aromatic nitrogens is 2. The zero-order chi connectivity index (χ0) is 14.4. The fraction of sp³-hybridized carbons (Fsp3) is 0.400. The summed E-state index contributed by atoms with van der Waals surface area (Å²) in [5.74, 6) is 1.18. The zero-order valence-corrected chi connectivity index (χ0v) is 12.4. The highest BCUT2D eigenvalue weighted by atomic mass is 32.2. The Hall–Kier alpha value is -1.82. The van der Waals surface area contributed by atoms with Gasteiger partial charge in [0.05, 0.1) is 17.1 Å². The van der Waals surface area contributed by atoms with Crippen LogP contribution >= 0.6 is 0 Å². The third-order valence-corrected chi connectivity index (χ3v) is 5.41. The van der Waals surface area contributed by atoms with Gasteiger partial charge in [0, 0.05) is 6.07 Å². The molecule has 2 saturated carbocycles. The van der Waals surface area contributed by atoms with E-state index in [0.29, 0.717) is 22.7 Å². The van der Waals surface area contributed by atoms with Gasteiger partial charge in [0.15, 0.2) is 0 Å².